The normalized spacial score (nSPS) is 18.9. The lowest BCUT2D eigenvalue weighted by atomic mass is 9.91. The molecule has 0 aromatic rings. The third-order valence-corrected chi connectivity index (χ3v) is 7.66. The molecule has 1 unspecified atom stereocenters. The first-order valence-electron chi connectivity index (χ1n) is 15.1. The third-order valence-electron chi connectivity index (χ3n) is 7.66. The van der Waals surface area contributed by atoms with Crippen molar-refractivity contribution in [3.05, 3.63) is 0 Å². The van der Waals surface area contributed by atoms with Crippen molar-refractivity contribution in [1.29, 1.82) is 0 Å². The second-order valence-electron chi connectivity index (χ2n) is 10.8. The summed E-state index contributed by atoms with van der Waals surface area (Å²) in [4.78, 5) is 64.5. The van der Waals surface area contributed by atoms with Crippen molar-refractivity contribution >= 4 is 29.7 Å². The zero-order valence-electron chi connectivity index (χ0n) is 26.2. The van der Waals surface area contributed by atoms with Gasteiger partial charge in [0.15, 0.2) is 0 Å². The summed E-state index contributed by atoms with van der Waals surface area (Å²) >= 11 is 0. The maximum Gasteiger partial charge on any atom is 0.326 e. The maximum atomic E-state index is 13.3. The first kappa shape index (κ1) is 38.8. The number of carboxylic acid groups (broad SMARTS) is 2. The highest BCUT2D eigenvalue weighted by molar-refractivity contribution is 5.93. The van der Waals surface area contributed by atoms with E-state index in [9.17, 15) is 34.2 Å². The summed E-state index contributed by atoms with van der Waals surface area (Å²) in [5.41, 5.74) is 0. The summed E-state index contributed by atoms with van der Waals surface area (Å²) in [6, 6.07) is -2.36. The SMILES string of the molecule is C#CCOCCOCCOCCOCCC(=O)N1C[C@@H](C(=O)NC(C(=O)O)[C@H](C)CC)[C@H](C(=O)N[C@H](C(=O)O)[C@H](C)CC)C1. The van der Waals surface area contributed by atoms with Crippen LogP contribution < -0.4 is 10.6 Å². The number of aliphatic carboxylic acids is 2. The van der Waals surface area contributed by atoms with Crippen LogP contribution in [-0.4, -0.2) is 123 Å². The fourth-order valence-electron chi connectivity index (χ4n) is 4.53. The molecule has 0 aromatic heterocycles. The molecule has 250 valence electrons. The van der Waals surface area contributed by atoms with Gasteiger partial charge in [-0.3, -0.25) is 14.4 Å². The van der Waals surface area contributed by atoms with Gasteiger partial charge in [-0.25, -0.2) is 9.59 Å². The van der Waals surface area contributed by atoms with Gasteiger partial charge in [0.05, 0.1) is 64.5 Å². The van der Waals surface area contributed by atoms with E-state index in [1.807, 2.05) is 0 Å². The fraction of sp³-hybridized carbons (Fsp3) is 0.767. The average Bonchev–Trinajstić information content (AvgIpc) is 3.45. The van der Waals surface area contributed by atoms with Crippen molar-refractivity contribution in [2.24, 2.45) is 23.7 Å². The smallest absolute Gasteiger partial charge is 0.326 e. The number of carbonyl (C=O) groups excluding carboxylic acids is 3. The molecular weight excluding hydrogens is 578 g/mol. The number of hydrogen-bond donors (Lipinski definition) is 4. The highest BCUT2D eigenvalue weighted by Crippen LogP contribution is 2.26. The summed E-state index contributed by atoms with van der Waals surface area (Å²) in [5, 5.41) is 24.3. The lowest BCUT2D eigenvalue weighted by molar-refractivity contribution is -0.146. The number of carboxylic acids is 2. The van der Waals surface area contributed by atoms with Crippen LogP contribution in [0.2, 0.25) is 0 Å². The number of likely N-dealkylation sites (tertiary alicyclic amines) is 1. The Morgan fingerprint density at radius 1 is 0.750 bits per heavy atom. The lowest BCUT2D eigenvalue weighted by Gasteiger charge is -2.25. The topological polar surface area (TPSA) is 190 Å². The Hall–Kier alpha value is -3.25. The molecule has 4 N–H and O–H groups in total. The van der Waals surface area contributed by atoms with Gasteiger partial charge in [0.1, 0.15) is 18.7 Å². The van der Waals surface area contributed by atoms with Gasteiger partial charge in [-0.05, 0) is 11.8 Å². The predicted octanol–water partition coefficient (Wildman–Crippen LogP) is 0.382. The molecule has 1 aliphatic heterocycles. The summed E-state index contributed by atoms with van der Waals surface area (Å²) in [5.74, 6) is -4.64. The van der Waals surface area contributed by atoms with Gasteiger partial charge in [0.25, 0.3) is 0 Å². The number of ether oxygens (including phenoxy) is 4. The molecule has 1 rings (SSSR count). The molecule has 0 radical (unpaired) electrons. The van der Waals surface area contributed by atoms with Crippen molar-refractivity contribution in [2.75, 3.05) is 65.9 Å². The third kappa shape index (κ3) is 13.6. The summed E-state index contributed by atoms with van der Waals surface area (Å²) in [6.07, 6.45) is 6.05. The number of nitrogens with zero attached hydrogens (tertiary/aromatic N) is 1. The molecule has 14 heteroatoms. The summed E-state index contributed by atoms with van der Waals surface area (Å²) in [6.45, 7) is 9.14. The van der Waals surface area contributed by atoms with E-state index in [1.165, 1.54) is 4.90 Å². The van der Waals surface area contributed by atoms with Crippen LogP contribution in [0.15, 0.2) is 0 Å². The number of amides is 3. The van der Waals surface area contributed by atoms with Crippen LogP contribution in [0.25, 0.3) is 0 Å². The van der Waals surface area contributed by atoms with Crippen LogP contribution >= 0.6 is 0 Å². The largest absolute Gasteiger partial charge is 0.480 e. The molecule has 0 spiro atoms. The van der Waals surface area contributed by atoms with E-state index in [1.54, 1.807) is 27.7 Å². The second-order valence-corrected chi connectivity index (χ2v) is 10.8. The Labute approximate surface area is 259 Å². The van der Waals surface area contributed by atoms with Crippen LogP contribution in [-0.2, 0) is 42.9 Å². The Balaban J connectivity index is 2.71. The molecule has 0 bridgehead atoms. The van der Waals surface area contributed by atoms with Gasteiger partial charge < -0.3 is 44.7 Å². The Bertz CT molecular complexity index is 920. The minimum atomic E-state index is -1.21. The van der Waals surface area contributed by atoms with Crippen LogP contribution in [0.5, 0.6) is 0 Å². The van der Waals surface area contributed by atoms with E-state index >= 15 is 0 Å². The zero-order chi connectivity index (χ0) is 33.1. The van der Waals surface area contributed by atoms with E-state index in [-0.39, 0.29) is 57.1 Å². The van der Waals surface area contributed by atoms with Gasteiger partial charge in [0, 0.05) is 13.1 Å². The van der Waals surface area contributed by atoms with Crippen LogP contribution in [0.4, 0.5) is 0 Å². The van der Waals surface area contributed by atoms with Gasteiger partial charge >= 0.3 is 11.9 Å². The Morgan fingerprint density at radius 2 is 1.14 bits per heavy atom. The molecule has 1 fully saturated rings. The van der Waals surface area contributed by atoms with Gasteiger partial charge in [-0.1, -0.05) is 46.5 Å². The predicted molar refractivity (Wildman–Crippen MR) is 158 cm³/mol. The zero-order valence-corrected chi connectivity index (χ0v) is 26.2. The molecule has 1 saturated heterocycles. The first-order valence-corrected chi connectivity index (χ1v) is 15.1. The van der Waals surface area contributed by atoms with E-state index in [4.69, 9.17) is 25.4 Å². The number of terminal acetylenes is 1. The average molecular weight is 628 g/mol. The van der Waals surface area contributed by atoms with Gasteiger partial charge in [0.2, 0.25) is 17.7 Å². The quantitative estimate of drug-likeness (QED) is 0.0905. The first-order chi connectivity index (χ1) is 21.0. The number of hydrogen-bond acceptors (Lipinski definition) is 9. The molecule has 44 heavy (non-hydrogen) atoms. The van der Waals surface area contributed by atoms with Crippen molar-refractivity contribution in [3.8, 4) is 12.3 Å². The van der Waals surface area contributed by atoms with E-state index in [0.717, 1.165) is 0 Å². The van der Waals surface area contributed by atoms with Crippen molar-refractivity contribution in [2.45, 2.75) is 59.0 Å². The molecule has 1 aliphatic rings. The van der Waals surface area contributed by atoms with E-state index in [0.29, 0.717) is 45.9 Å². The van der Waals surface area contributed by atoms with Gasteiger partial charge in [-0.2, -0.15) is 0 Å². The second kappa shape index (κ2) is 21.5. The van der Waals surface area contributed by atoms with E-state index < -0.39 is 47.7 Å². The number of carbonyl (C=O) groups is 5. The molecule has 1 heterocycles. The Kier molecular flexibility index (Phi) is 18.9. The summed E-state index contributed by atoms with van der Waals surface area (Å²) in [7, 11) is 0. The van der Waals surface area contributed by atoms with Crippen LogP contribution in [0.1, 0.15) is 47.0 Å². The van der Waals surface area contributed by atoms with Crippen molar-refractivity contribution in [1.82, 2.24) is 15.5 Å². The molecular formula is C30H49N3O11. The molecule has 14 nitrogen and oxygen atoms in total. The molecule has 6 atom stereocenters. The number of nitrogens with one attached hydrogen (secondary N) is 2. The lowest BCUT2D eigenvalue weighted by Crippen LogP contribution is -2.52. The molecule has 3 amide bonds. The minimum absolute atomic E-state index is 0.0152. The van der Waals surface area contributed by atoms with Gasteiger partial charge in [-0.15, -0.1) is 6.42 Å². The van der Waals surface area contributed by atoms with Crippen molar-refractivity contribution < 1.29 is 53.1 Å². The summed E-state index contributed by atoms with van der Waals surface area (Å²) < 4.78 is 21.3. The van der Waals surface area contributed by atoms with Crippen molar-refractivity contribution in [3.63, 3.8) is 0 Å². The molecule has 0 aromatic carbocycles. The van der Waals surface area contributed by atoms with E-state index in [2.05, 4.69) is 16.6 Å². The standard InChI is InChI=1S/C30H49N3O11/c1-6-10-41-12-14-43-16-17-44-15-13-42-11-9-24(34)33-18-22(27(35)31-25(29(37)38)20(4)7-2)23(19-33)28(36)32-26(30(39)40)21(5)8-3/h1,20-23,25-26H,7-19H2,2-5H3,(H,31,35)(H,32,36)(H,37,38)(H,39,40)/t20-,21-,22-,23-,25+,26?/m1/s1. The Morgan fingerprint density at radius 3 is 1.50 bits per heavy atom. The maximum absolute atomic E-state index is 13.3. The number of rotatable bonds is 23. The molecule has 0 saturated carbocycles. The minimum Gasteiger partial charge on any atom is -0.480 e. The highest BCUT2D eigenvalue weighted by Gasteiger charge is 2.45. The highest BCUT2D eigenvalue weighted by atomic mass is 16.6. The molecule has 0 aliphatic carbocycles. The fourth-order valence-corrected chi connectivity index (χ4v) is 4.53. The monoisotopic (exact) mass is 627 g/mol. The van der Waals surface area contributed by atoms with Crippen LogP contribution in [0, 0.1) is 36.0 Å². The van der Waals surface area contributed by atoms with Crippen LogP contribution in [0.3, 0.4) is 0 Å².